The van der Waals surface area contributed by atoms with E-state index in [-0.39, 0.29) is 73.0 Å². The van der Waals surface area contributed by atoms with Gasteiger partial charge in [-0.05, 0) is 61.8 Å². The molecule has 14 heteroatoms. The van der Waals surface area contributed by atoms with Crippen molar-refractivity contribution < 1.29 is 38.6 Å². The maximum absolute atomic E-state index is 14.4. The zero-order valence-electron chi connectivity index (χ0n) is 34.8. The van der Waals surface area contributed by atoms with Gasteiger partial charge in [-0.15, -0.1) is 0 Å². The van der Waals surface area contributed by atoms with E-state index in [4.69, 9.17) is 15.2 Å². The van der Waals surface area contributed by atoms with Crippen molar-refractivity contribution in [1.29, 1.82) is 0 Å². The van der Waals surface area contributed by atoms with Crippen molar-refractivity contribution in [2.45, 2.75) is 134 Å². The van der Waals surface area contributed by atoms with Gasteiger partial charge in [0.1, 0.15) is 6.04 Å². The minimum absolute atomic E-state index is 0.00618. The van der Waals surface area contributed by atoms with Crippen molar-refractivity contribution >= 4 is 29.5 Å². The van der Waals surface area contributed by atoms with Crippen molar-refractivity contribution in [3.8, 4) is 0 Å². The zero-order valence-corrected chi connectivity index (χ0v) is 34.8. The Kier molecular flexibility index (Phi) is 16.7. The van der Waals surface area contributed by atoms with Gasteiger partial charge in [-0.3, -0.25) is 28.9 Å². The lowest BCUT2D eigenvalue weighted by molar-refractivity contribution is -0.148. The first-order valence-corrected chi connectivity index (χ1v) is 20.6. The highest BCUT2D eigenvalue weighted by Gasteiger charge is 2.50. The number of benzene rings is 1. The second-order valence-electron chi connectivity index (χ2n) is 16.7. The van der Waals surface area contributed by atoms with Crippen LogP contribution in [-0.4, -0.2) is 139 Å². The molecule has 1 aromatic rings. The van der Waals surface area contributed by atoms with Gasteiger partial charge in [0.25, 0.3) is 0 Å². The van der Waals surface area contributed by atoms with Crippen molar-refractivity contribution in [3.05, 3.63) is 35.9 Å². The fourth-order valence-electron chi connectivity index (χ4n) is 9.52. The van der Waals surface area contributed by atoms with E-state index in [0.717, 1.165) is 31.2 Å². The number of amides is 5. The Labute approximate surface area is 333 Å². The first kappa shape index (κ1) is 45.1. The Morgan fingerprint density at radius 2 is 1.70 bits per heavy atom. The predicted molar refractivity (Wildman–Crippen MR) is 213 cm³/mol. The third-order valence-electron chi connectivity index (χ3n) is 12.7. The van der Waals surface area contributed by atoms with Gasteiger partial charge in [0, 0.05) is 33.9 Å². The molecule has 11 atom stereocenters. The molecule has 5 amide bonds. The number of carbonyl (C=O) groups is 5. The first-order chi connectivity index (χ1) is 26.7. The highest BCUT2D eigenvalue weighted by Crippen LogP contribution is 2.42. The first-order valence-electron chi connectivity index (χ1n) is 20.6. The van der Waals surface area contributed by atoms with Crippen molar-refractivity contribution in [3.63, 3.8) is 0 Å². The lowest BCUT2D eigenvalue weighted by Gasteiger charge is -2.41. The molecule has 0 radical (unpaired) electrons. The molecule has 314 valence electrons. The molecule has 4 rings (SSSR count). The number of rotatable bonds is 21. The number of carbonyl (C=O) groups excluding carboxylic acids is 5. The molecule has 3 unspecified atom stereocenters. The van der Waals surface area contributed by atoms with Crippen molar-refractivity contribution in [2.75, 3.05) is 41.0 Å². The summed E-state index contributed by atoms with van der Waals surface area (Å²) < 4.78 is 12.0. The molecular weight excluding hydrogens is 716 g/mol. The minimum Gasteiger partial charge on any atom is -0.394 e. The molecule has 1 aliphatic carbocycles. The Bertz CT molecular complexity index is 1480. The van der Waals surface area contributed by atoms with Crippen LogP contribution in [0.3, 0.4) is 0 Å². The molecular formula is C42H68N6O8. The van der Waals surface area contributed by atoms with Crippen LogP contribution in [0.4, 0.5) is 0 Å². The lowest BCUT2D eigenvalue weighted by Crippen LogP contribution is -2.60. The van der Waals surface area contributed by atoms with Crippen LogP contribution in [0.2, 0.25) is 0 Å². The van der Waals surface area contributed by atoms with Gasteiger partial charge in [-0.2, -0.15) is 0 Å². The Balaban J connectivity index is 1.46. The molecule has 2 aliphatic heterocycles. The highest BCUT2D eigenvalue weighted by atomic mass is 16.5. The molecule has 5 N–H and O–H groups in total. The van der Waals surface area contributed by atoms with Crippen LogP contribution in [0.5, 0.6) is 0 Å². The van der Waals surface area contributed by atoms with E-state index >= 15 is 0 Å². The van der Waals surface area contributed by atoms with Crippen LogP contribution in [0.25, 0.3) is 0 Å². The van der Waals surface area contributed by atoms with Crippen LogP contribution in [0.15, 0.2) is 30.3 Å². The summed E-state index contributed by atoms with van der Waals surface area (Å²) in [5, 5.41) is 16.1. The summed E-state index contributed by atoms with van der Waals surface area (Å²) in [5.41, 5.74) is 6.55. The number of nitrogens with two attached hydrogens (primary N) is 1. The van der Waals surface area contributed by atoms with Crippen LogP contribution >= 0.6 is 0 Å². The smallest absolute Gasteiger partial charge is 0.245 e. The molecule has 14 nitrogen and oxygen atoms in total. The summed E-state index contributed by atoms with van der Waals surface area (Å²) in [7, 11) is 4.82. The van der Waals surface area contributed by atoms with Crippen LogP contribution in [0, 0.1) is 23.7 Å². The number of aliphatic hydroxyl groups excluding tert-OH is 1. The number of methoxy groups -OCH3 is 2. The third kappa shape index (κ3) is 10.7. The van der Waals surface area contributed by atoms with Crippen molar-refractivity contribution in [2.24, 2.45) is 29.4 Å². The summed E-state index contributed by atoms with van der Waals surface area (Å²) in [6.45, 7) is 9.92. The summed E-state index contributed by atoms with van der Waals surface area (Å²) in [4.78, 5) is 73.2. The number of aliphatic hydroxyl groups is 1. The number of hydrogen-bond donors (Lipinski definition) is 4. The van der Waals surface area contributed by atoms with E-state index in [1.807, 2.05) is 62.9 Å². The molecule has 3 aliphatic rings. The largest absolute Gasteiger partial charge is 0.394 e. The lowest BCUT2D eigenvalue weighted by atomic mass is 9.89. The second-order valence-corrected chi connectivity index (χ2v) is 16.7. The van der Waals surface area contributed by atoms with Gasteiger partial charge >= 0.3 is 0 Å². The second kappa shape index (κ2) is 20.7. The van der Waals surface area contributed by atoms with Crippen molar-refractivity contribution in [1.82, 2.24) is 25.3 Å². The maximum Gasteiger partial charge on any atom is 0.245 e. The zero-order chi connectivity index (χ0) is 41.3. The number of ether oxygens (including phenoxy) is 2. The molecule has 2 bridgehead atoms. The summed E-state index contributed by atoms with van der Waals surface area (Å²) >= 11 is 0. The van der Waals surface area contributed by atoms with E-state index in [0.29, 0.717) is 25.8 Å². The predicted octanol–water partition coefficient (Wildman–Crippen LogP) is 2.11. The normalized spacial score (nSPS) is 24.6. The SMILES string of the molecule is CC[C@H](C)[C@@H]([C@@H](CC(=O)N1CCCC1[C@H](OC)[C@@H](C)C(=O)NC(CO)Cc1ccccc1)OC)N(C)C(=O)C(NC(=O)[C@@H]1[C@H]2CC[C@H](C2)N1CC(N)=O)C(C)C. The molecule has 2 heterocycles. The van der Waals surface area contributed by atoms with Crippen LogP contribution in [-0.2, 0) is 39.9 Å². The number of piperidine rings is 1. The molecule has 1 saturated carbocycles. The molecule has 3 fully saturated rings. The van der Waals surface area contributed by atoms with E-state index < -0.39 is 48.2 Å². The monoisotopic (exact) mass is 785 g/mol. The minimum atomic E-state index is -0.835. The standard InChI is InChI=1S/C42H68N6O8/c1-9-26(4)37(46(6)42(54)36(25(2)3)45-41(53)38-29-17-18-31(21-29)48(38)23-34(43)50)33(55-7)22-35(51)47-19-13-16-32(47)39(56-8)27(5)40(52)44-30(24-49)20-28-14-11-10-12-15-28/h10-12,14-15,25-27,29-33,36-39,49H,9,13,16-24H2,1-8H3,(H2,43,50)(H,44,52)(H,45,53)/t26-,27+,29-,30?,31+,32?,33+,36?,37-,38-,39+/m0/s1. The van der Waals surface area contributed by atoms with Gasteiger partial charge in [0.15, 0.2) is 0 Å². The quantitative estimate of drug-likeness (QED) is 0.145. The summed E-state index contributed by atoms with van der Waals surface area (Å²) in [6, 6.07) is 7.13. The van der Waals surface area contributed by atoms with E-state index in [2.05, 4.69) is 10.6 Å². The fraction of sp³-hybridized carbons (Fsp3) is 0.738. The van der Waals surface area contributed by atoms with E-state index in [9.17, 15) is 29.1 Å². The van der Waals surface area contributed by atoms with Gasteiger partial charge in [0.05, 0.1) is 61.9 Å². The number of likely N-dealkylation sites (tertiary alicyclic amines) is 2. The average Bonchev–Trinajstić information content (AvgIpc) is 3.94. The number of nitrogens with zero attached hydrogens (tertiary/aromatic N) is 3. The highest BCUT2D eigenvalue weighted by molar-refractivity contribution is 5.91. The molecule has 2 saturated heterocycles. The van der Waals surface area contributed by atoms with Gasteiger partial charge < -0.3 is 40.7 Å². The number of fused-ring (bicyclic) bond motifs is 2. The van der Waals surface area contributed by atoms with E-state index in [1.54, 1.807) is 38.0 Å². The Hall–Kier alpha value is -3.59. The maximum atomic E-state index is 14.4. The molecule has 0 spiro atoms. The average molecular weight is 785 g/mol. The molecule has 1 aromatic carbocycles. The van der Waals surface area contributed by atoms with Crippen LogP contribution in [0.1, 0.15) is 85.1 Å². The van der Waals surface area contributed by atoms with Gasteiger partial charge in [0.2, 0.25) is 29.5 Å². The number of primary amides is 1. The van der Waals surface area contributed by atoms with Gasteiger partial charge in [-0.1, -0.05) is 71.4 Å². The molecule has 56 heavy (non-hydrogen) atoms. The molecule has 0 aromatic heterocycles. The van der Waals surface area contributed by atoms with Gasteiger partial charge in [-0.25, -0.2) is 0 Å². The van der Waals surface area contributed by atoms with Crippen LogP contribution < -0.4 is 16.4 Å². The Morgan fingerprint density at radius 3 is 2.29 bits per heavy atom. The topological polar surface area (TPSA) is 184 Å². The Morgan fingerprint density at radius 1 is 1.00 bits per heavy atom. The summed E-state index contributed by atoms with van der Waals surface area (Å²) in [5.74, 6) is -2.22. The number of hydrogen-bond acceptors (Lipinski definition) is 9. The summed E-state index contributed by atoms with van der Waals surface area (Å²) in [6.07, 6.45) is 4.02. The van der Waals surface area contributed by atoms with E-state index in [1.165, 1.54) is 0 Å². The fourth-order valence-corrected chi connectivity index (χ4v) is 9.52. The number of likely N-dealkylation sites (N-methyl/N-ethyl adjacent to an activating group) is 1. The third-order valence-corrected chi connectivity index (χ3v) is 12.7. The number of nitrogens with one attached hydrogen (secondary N) is 2.